The van der Waals surface area contributed by atoms with Crippen molar-refractivity contribution in [3.63, 3.8) is 0 Å². The molecule has 29 heavy (non-hydrogen) atoms. The predicted molar refractivity (Wildman–Crippen MR) is 118 cm³/mol. The first-order chi connectivity index (χ1) is 13.5. The van der Waals surface area contributed by atoms with E-state index in [1.807, 2.05) is 29.2 Å². The highest BCUT2D eigenvalue weighted by Gasteiger charge is 2.40. The number of hydrogen-bond acceptors (Lipinski definition) is 3. The lowest BCUT2D eigenvalue weighted by atomic mass is 9.65. The van der Waals surface area contributed by atoms with Crippen LogP contribution in [0.4, 0.5) is 5.69 Å². The summed E-state index contributed by atoms with van der Waals surface area (Å²) in [6, 6.07) is 7.66. The molecule has 1 saturated heterocycles. The number of anilines is 1. The van der Waals surface area contributed by atoms with Gasteiger partial charge in [0.2, 0.25) is 5.91 Å². The Balaban J connectivity index is 0.00000240. The molecule has 1 aromatic carbocycles. The molecular formula is C23H34ClN3O2. The predicted octanol–water partition coefficient (Wildman–Crippen LogP) is 4.07. The zero-order chi connectivity index (χ0) is 19.7. The summed E-state index contributed by atoms with van der Waals surface area (Å²) in [6.45, 7) is 3.92. The van der Waals surface area contributed by atoms with E-state index >= 15 is 0 Å². The number of carbonyl (C=O) groups excluding carboxylic acids is 2. The first-order valence-corrected chi connectivity index (χ1v) is 11.0. The first kappa shape index (κ1) is 22.1. The molecule has 2 bridgehead atoms. The Morgan fingerprint density at radius 1 is 1.00 bits per heavy atom. The lowest BCUT2D eigenvalue weighted by Crippen LogP contribution is -2.48. The zero-order valence-electron chi connectivity index (χ0n) is 17.3. The quantitative estimate of drug-likeness (QED) is 0.775. The van der Waals surface area contributed by atoms with Gasteiger partial charge in [-0.15, -0.1) is 12.4 Å². The van der Waals surface area contributed by atoms with Crippen molar-refractivity contribution in [1.29, 1.82) is 0 Å². The Bertz CT molecular complexity index is 701. The van der Waals surface area contributed by atoms with Crippen LogP contribution in [0.25, 0.3) is 0 Å². The molecule has 160 valence electrons. The average molecular weight is 420 g/mol. The minimum Gasteiger partial charge on any atom is -0.339 e. The van der Waals surface area contributed by atoms with E-state index in [2.05, 4.69) is 12.2 Å². The highest BCUT2D eigenvalue weighted by molar-refractivity contribution is 5.96. The maximum atomic E-state index is 12.8. The number of likely N-dealkylation sites (tertiary alicyclic amines) is 1. The molecule has 6 heteroatoms. The fourth-order valence-electron chi connectivity index (χ4n) is 5.34. The Labute approximate surface area is 180 Å². The van der Waals surface area contributed by atoms with Crippen LogP contribution in [-0.4, -0.2) is 35.8 Å². The standard InChI is InChI=1S/C23H33N3O2.ClH/c1-15-9-11-26(12-10-15)23(28)16-5-7-20(8-6-16)25-22(27)19-13-17-3-2-4-18(14-19)21(17)24;/h5-8,15,17-19,21H,2-4,9-14,24H2,1H3,(H,25,27);1H. The summed E-state index contributed by atoms with van der Waals surface area (Å²) in [5, 5.41) is 3.06. The summed E-state index contributed by atoms with van der Waals surface area (Å²) >= 11 is 0. The first-order valence-electron chi connectivity index (χ1n) is 11.0. The Kier molecular flexibility index (Phi) is 7.23. The zero-order valence-corrected chi connectivity index (χ0v) is 18.1. The van der Waals surface area contributed by atoms with Gasteiger partial charge in [0.05, 0.1) is 0 Å². The number of rotatable bonds is 3. The van der Waals surface area contributed by atoms with Crippen LogP contribution in [-0.2, 0) is 4.79 Å². The third-order valence-corrected chi connectivity index (χ3v) is 7.25. The molecule has 2 atom stereocenters. The van der Waals surface area contributed by atoms with E-state index in [-0.39, 0.29) is 36.2 Å². The van der Waals surface area contributed by atoms with Crippen molar-refractivity contribution < 1.29 is 9.59 Å². The van der Waals surface area contributed by atoms with Crippen LogP contribution in [0, 0.1) is 23.7 Å². The molecule has 0 radical (unpaired) electrons. The molecule has 4 rings (SSSR count). The number of nitrogens with two attached hydrogens (primary N) is 1. The maximum absolute atomic E-state index is 12.8. The van der Waals surface area contributed by atoms with E-state index in [1.165, 1.54) is 6.42 Å². The van der Waals surface area contributed by atoms with Gasteiger partial charge in [0.15, 0.2) is 0 Å². The number of nitrogens with one attached hydrogen (secondary N) is 1. The van der Waals surface area contributed by atoms with Crippen LogP contribution in [0.3, 0.4) is 0 Å². The largest absolute Gasteiger partial charge is 0.339 e. The monoisotopic (exact) mass is 419 g/mol. The SMILES string of the molecule is CC1CCN(C(=O)c2ccc(NC(=O)C3CC4CCCC(C3)C4N)cc2)CC1.Cl. The Hall–Kier alpha value is -1.59. The van der Waals surface area contributed by atoms with Crippen LogP contribution in [0.15, 0.2) is 24.3 Å². The summed E-state index contributed by atoms with van der Waals surface area (Å²) in [6.07, 6.45) is 7.55. The number of fused-ring (bicyclic) bond motifs is 2. The summed E-state index contributed by atoms with van der Waals surface area (Å²) in [5.74, 6) is 1.96. The highest BCUT2D eigenvalue weighted by Crippen LogP contribution is 2.42. The van der Waals surface area contributed by atoms with Crippen LogP contribution in [0.5, 0.6) is 0 Å². The van der Waals surface area contributed by atoms with Crippen LogP contribution in [0.1, 0.15) is 62.2 Å². The van der Waals surface area contributed by atoms with Crippen LogP contribution < -0.4 is 11.1 Å². The lowest BCUT2D eigenvalue weighted by molar-refractivity contribution is -0.122. The molecule has 2 saturated carbocycles. The molecule has 3 fully saturated rings. The van der Waals surface area contributed by atoms with E-state index in [1.54, 1.807) is 0 Å². The van der Waals surface area contributed by atoms with Gasteiger partial charge in [-0.2, -0.15) is 0 Å². The number of halogens is 1. The molecule has 2 amide bonds. The molecule has 3 N–H and O–H groups in total. The maximum Gasteiger partial charge on any atom is 0.253 e. The molecule has 2 aliphatic carbocycles. The van der Waals surface area contributed by atoms with E-state index in [0.717, 1.165) is 57.3 Å². The summed E-state index contributed by atoms with van der Waals surface area (Å²) in [7, 11) is 0. The summed E-state index contributed by atoms with van der Waals surface area (Å²) in [4.78, 5) is 27.4. The Morgan fingerprint density at radius 3 is 2.17 bits per heavy atom. The summed E-state index contributed by atoms with van der Waals surface area (Å²) in [5.41, 5.74) is 7.82. The van der Waals surface area contributed by atoms with E-state index in [9.17, 15) is 9.59 Å². The van der Waals surface area contributed by atoms with Crippen molar-refractivity contribution in [2.75, 3.05) is 18.4 Å². The average Bonchev–Trinajstić information content (AvgIpc) is 2.68. The van der Waals surface area contributed by atoms with Crippen molar-refractivity contribution in [2.45, 2.75) is 57.9 Å². The van der Waals surface area contributed by atoms with Gasteiger partial charge in [-0.3, -0.25) is 9.59 Å². The molecule has 1 aromatic rings. The van der Waals surface area contributed by atoms with Crippen molar-refractivity contribution in [1.82, 2.24) is 4.90 Å². The number of carbonyl (C=O) groups is 2. The van der Waals surface area contributed by atoms with Crippen molar-refractivity contribution in [3.05, 3.63) is 29.8 Å². The minimum atomic E-state index is 0. The topological polar surface area (TPSA) is 75.4 Å². The second-order valence-corrected chi connectivity index (χ2v) is 9.24. The second kappa shape index (κ2) is 9.48. The molecule has 3 aliphatic rings. The normalized spacial score (nSPS) is 29.7. The van der Waals surface area contributed by atoms with E-state index in [0.29, 0.717) is 23.3 Å². The molecule has 1 heterocycles. The molecule has 0 spiro atoms. The Morgan fingerprint density at radius 2 is 1.59 bits per heavy atom. The van der Waals surface area contributed by atoms with Gasteiger partial charge < -0.3 is 16.0 Å². The number of nitrogens with zero attached hydrogens (tertiary/aromatic N) is 1. The van der Waals surface area contributed by atoms with Crippen molar-refractivity contribution >= 4 is 29.9 Å². The number of piperidine rings is 1. The van der Waals surface area contributed by atoms with Gasteiger partial charge in [-0.1, -0.05) is 13.3 Å². The smallest absolute Gasteiger partial charge is 0.253 e. The molecule has 0 aromatic heterocycles. The molecular weight excluding hydrogens is 386 g/mol. The molecule has 1 aliphatic heterocycles. The molecule has 2 unspecified atom stereocenters. The number of amides is 2. The van der Waals surface area contributed by atoms with Gasteiger partial charge in [0.25, 0.3) is 5.91 Å². The van der Waals surface area contributed by atoms with Crippen molar-refractivity contribution in [2.24, 2.45) is 29.4 Å². The van der Waals surface area contributed by atoms with Crippen LogP contribution in [0.2, 0.25) is 0 Å². The van der Waals surface area contributed by atoms with E-state index in [4.69, 9.17) is 5.73 Å². The van der Waals surface area contributed by atoms with Gasteiger partial charge >= 0.3 is 0 Å². The summed E-state index contributed by atoms with van der Waals surface area (Å²) < 4.78 is 0. The molecule has 5 nitrogen and oxygen atoms in total. The van der Waals surface area contributed by atoms with Gasteiger partial charge in [0.1, 0.15) is 0 Å². The fraction of sp³-hybridized carbons (Fsp3) is 0.652. The fourth-order valence-corrected chi connectivity index (χ4v) is 5.34. The van der Waals surface area contributed by atoms with Crippen LogP contribution >= 0.6 is 12.4 Å². The lowest BCUT2D eigenvalue weighted by Gasteiger charge is -2.43. The van der Waals surface area contributed by atoms with Gasteiger partial charge in [0, 0.05) is 36.3 Å². The third kappa shape index (κ3) is 4.95. The van der Waals surface area contributed by atoms with Gasteiger partial charge in [-0.25, -0.2) is 0 Å². The third-order valence-electron chi connectivity index (χ3n) is 7.25. The second-order valence-electron chi connectivity index (χ2n) is 9.24. The van der Waals surface area contributed by atoms with Crippen molar-refractivity contribution in [3.8, 4) is 0 Å². The van der Waals surface area contributed by atoms with Gasteiger partial charge in [-0.05, 0) is 80.5 Å². The number of hydrogen-bond donors (Lipinski definition) is 2. The minimum absolute atomic E-state index is 0. The van der Waals surface area contributed by atoms with E-state index < -0.39 is 0 Å². The highest BCUT2D eigenvalue weighted by atomic mass is 35.5. The number of benzene rings is 1.